The van der Waals surface area contributed by atoms with Gasteiger partial charge in [0.2, 0.25) is 0 Å². The number of hydrogen-bond acceptors (Lipinski definition) is 6. The van der Waals surface area contributed by atoms with E-state index in [1.807, 2.05) is 30.5 Å². The molecular weight excluding hydrogens is 312 g/mol. The first-order valence-corrected chi connectivity index (χ1v) is 7.73. The Bertz CT molecular complexity index is 833. The lowest BCUT2D eigenvalue weighted by Crippen LogP contribution is -2.13. The standard InChI is InChI=1S/C16H14N4O2S/c1-10-7-11(3-4-14(10)22-2)13-9-23-16(19-13)20-15(21)12-8-17-5-6-18-12/h3-9H,1-2H3,(H,19,20,21). The molecule has 0 saturated heterocycles. The van der Waals surface area contributed by atoms with Gasteiger partial charge in [-0.2, -0.15) is 0 Å². The van der Waals surface area contributed by atoms with E-state index in [-0.39, 0.29) is 11.6 Å². The van der Waals surface area contributed by atoms with Crippen LogP contribution in [0.4, 0.5) is 5.13 Å². The molecule has 1 amide bonds. The number of anilines is 1. The van der Waals surface area contributed by atoms with E-state index in [0.29, 0.717) is 5.13 Å². The van der Waals surface area contributed by atoms with Gasteiger partial charge in [-0.05, 0) is 30.7 Å². The van der Waals surface area contributed by atoms with Gasteiger partial charge in [0.05, 0.1) is 19.0 Å². The second-order valence-electron chi connectivity index (χ2n) is 4.77. The van der Waals surface area contributed by atoms with E-state index in [1.165, 1.54) is 29.9 Å². The second-order valence-corrected chi connectivity index (χ2v) is 5.63. The van der Waals surface area contributed by atoms with Gasteiger partial charge in [-0.3, -0.25) is 15.1 Å². The number of amides is 1. The van der Waals surface area contributed by atoms with Gasteiger partial charge < -0.3 is 4.74 Å². The van der Waals surface area contributed by atoms with Crippen LogP contribution in [0.25, 0.3) is 11.3 Å². The second kappa shape index (κ2) is 6.53. The molecular formula is C16H14N4O2S. The van der Waals surface area contributed by atoms with Crippen LogP contribution in [0.5, 0.6) is 5.75 Å². The van der Waals surface area contributed by atoms with Gasteiger partial charge in [-0.15, -0.1) is 11.3 Å². The highest BCUT2D eigenvalue weighted by atomic mass is 32.1. The van der Waals surface area contributed by atoms with E-state index in [1.54, 1.807) is 7.11 Å². The Morgan fingerprint density at radius 1 is 1.30 bits per heavy atom. The molecule has 0 aliphatic carbocycles. The Hall–Kier alpha value is -2.80. The van der Waals surface area contributed by atoms with Gasteiger partial charge in [0.1, 0.15) is 11.4 Å². The Labute approximate surface area is 137 Å². The summed E-state index contributed by atoms with van der Waals surface area (Å²) in [5.41, 5.74) is 3.06. The maximum absolute atomic E-state index is 12.0. The predicted octanol–water partition coefficient (Wildman–Crippen LogP) is 3.17. The smallest absolute Gasteiger partial charge is 0.277 e. The van der Waals surface area contributed by atoms with E-state index in [0.717, 1.165) is 22.6 Å². The summed E-state index contributed by atoms with van der Waals surface area (Å²) in [5, 5.41) is 5.14. The molecule has 0 aliphatic rings. The minimum absolute atomic E-state index is 0.254. The lowest BCUT2D eigenvalue weighted by atomic mass is 10.1. The summed E-state index contributed by atoms with van der Waals surface area (Å²) in [5.74, 6) is 0.505. The quantitative estimate of drug-likeness (QED) is 0.797. The first kappa shape index (κ1) is 15.1. The van der Waals surface area contributed by atoms with Crippen LogP contribution in [0, 0.1) is 6.92 Å². The lowest BCUT2D eigenvalue weighted by molar-refractivity contribution is 0.102. The van der Waals surface area contributed by atoms with Crippen molar-refractivity contribution in [3.8, 4) is 17.0 Å². The number of ether oxygens (including phenoxy) is 1. The number of carbonyl (C=O) groups excluding carboxylic acids is 1. The number of methoxy groups -OCH3 is 1. The monoisotopic (exact) mass is 326 g/mol. The molecule has 0 bridgehead atoms. The molecule has 7 heteroatoms. The molecule has 0 unspecified atom stereocenters. The first-order valence-electron chi connectivity index (χ1n) is 6.85. The Kier molecular flexibility index (Phi) is 4.29. The van der Waals surface area contributed by atoms with Crippen LogP contribution in [0.3, 0.4) is 0 Å². The number of carbonyl (C=O) groups is 1. The summed E-state index contributed by atoms with van der Waals surface area (Å²) in [6.45, 7) is 1.98. The van der Waals surface area contributed by atoms with Crippen LogP contribution in [0.1, 0.15) is 16.1 Å². The maximum atomic E-state index is 12.0. The highest BCUT2D eigenvalue weighted by Gasteiger charge is 2.11. The van der Waals surface area contributed by atoms with Crippen molar-refractivity contribution < 1.29 is 9.53 Å². The van der Waals surface area contributed by atoms with Crippen molar-refractivity contribution >= 4 is 22.4 Å². The third kappa shape index (κ3) is 3.35. The largest absolute Gasteiger partial charge is 0.496 e. The Morgan fingerprint density at radius 2 is 2.17 bits per heavy atom. The van der Waals surface area contributed by atoms with Gasteiger partial charge in [0, 0.05) is 23.3 Å². The van der Waals surface area contributed by atoms with Crippen molar-refractivity contribution in [2.75, 3.05) is 12.4 Å². The molecule has 116 valence electrons. The van der Waals surface area contributed by atoms with E-state index in [9.17, 15) is 4.79 Å². The molecule has 0 atom stereocenters. The van der Waals surface area contributed by atoms with E-state index < -0.39 is 0 Å². The molecule has 0 radical (unpaired) electrons. The summed E-state index contributed by atoms with van der Waals surface area (Å²) in [6, 6.07) is 5.85. The van der Waals surface area contributed by atoms with Gasteiger partial charge >= 0.3 is 0 Å². The van der Waals surface area contributed by atoms with Gasteiger partial charge in [-0.1, -0.05) is 0 Å². The predicted molar refractivity (Wildman–Crippen MR) is 88.8 cm³/mol. The molecule has 2 aromatic heterocycles. The fraction of sp³-hybridized carbons (Fsp3) is 0.125. The number of nitrogens with one attached hydrogen (secondary N) is 1. The van der Waals surface area contributed by atoms with Crippen LogP contribution in [0.15, 0.2) is 42.2 Å². The molecule has 3 aromatic rings. The third-order valence-corrected chi connectivity index (χ3v) is 3.97. The van der Waals surface area contributed by atoms with E-state index >= 15 is 0 Å². The molecule has 0 spiro atoms. The molecule has 0 aliphatic heterocycles. The number of aryl methyl sites for hydroxylation is 1. The van der Waals surface area contributed by atoms with Crippen LogP contribution in [0.2, 0.25) is 0 Å². The van der Waals surface area contributed by atoms with Crippen molar-refractivity contribution in [1.82, 2.24) is 15.0 Å². The average molecular weight is 326 g/mol. The fourth-order valence-corrected chi connectivity index (χ4v) is 2.79. The molecule has 0 fully saturated rings. The zero-order valence-electron chi connectivity index (χ0n) is 12.6. The molecule has 0 saturated carbocycles. The molecule has 6 nitrogen and oxygen atoms in total. The van der Waals surface area contributed by atoms with Crippen molar-refractivity contribution in [2.24, 2.45) is 0 Å². The van der Waals surface area contributed by atoms with Crippen LogP contribution >= 0.6 is 11.3 Å². The highest BCUT2D eigenvalue weighted by molar-refractivity contribution is 7.14. The SMILES string of the molecule is COc1ccc(-c2csc(NC(=O)c3cnccn3)n2)cc1C. The van der Waals surface area contributed by atoms with Crippen molar-refractivity contribution in [3.63, 3.8) is 0 Å². The number of rotatable bonds is 4. The fourth-order valence-electron chi connectivity index (χ4n) is 2.08. The third-order valence-electron chi connectivity index (χ3n) is 3.21. The summed E-state index contributed by atoms with van der Waals surface area (Å²) < 4.78 is 5.25. The van der Waals surface area contributed by atoms with Gasteiger partial charge in [-0.25, -0.2) is 9.97 Å². The summed E-state index contributed by atoms with van der Waals surface area (Å²) in [7, 11) is 1.64. The average Bonchev–Trinajstić information content (AvgIpc) is 3.04. The summed E-state index contributed by atoms with van der Waals surface area (Å²) in [6.07, 6.45) is 4.41. The van der Waals surface area contributed by atoms with Crippen molar-refractivity contribution in [2.45, 2.75) is 6.92 Å². The normalized spacial score (nSPS) is 10.3. The molecule has 2 heterocycles. The maximum Gasteiger partial charge on any atom is 0.277 e. The first-order chi connectivity index (χ1) is 11.2. The van der Waals surface area contributed by atoms with Crippen LogP contribution in [-0.2, 0) is 0 Å². The molecule has 1 aromatic carbocycles. The Morgan fingerprint density at radius 3 is 2.87 bits per heavy atom. The number of nitrogens with zero attached hydrogens (tertiary/aromatic N) is 3. The number of hydrogen-bond donors (Lipinski definition) is 1. The zero-order chi connectivity index (χ0) is 16.2. The highest BCUT2D eigenvalue weighted by Crippen LogP contribution is 2.28. The van der Waals surface area contributed by atoms with E-state index in [2.05, 4.69) is 20.3 Å². The van der Waals surface area contributed by atoms with E-state index in [4.69, 9.17) is 4.74 Å². The summed E-state index contributed by atoms with van der Waals surface area (Å²) >= 11 is 1.36. The molecule has 23 heavy (non-hydrogen) atoms. The number of thiazole rings is 1. The summed E-state index contributed by atoms with van der Waals surface area (Å²) in [4.78, 5) is 24.3. The topological polar surface area (TPSA) is 77.0 Å². The van der Waals surface area contributed by atoms with Gasteiger partial charge in [0.15, 0.2) is 5.13 Å². The van der Waals surface area contributed by atoms with Crippen molar-refractivity contribution in [3.05, 3.63) is 53.4 Å². The number of aromatic nitrogens is 3. The van der Waals surface area contributed by atoms with Crippen LogP contribution in [-0.4, -0.2) is 28.0 Å². The van der Waals surface area contributed by atoms with Crippen LogP contribution < -0.4 is 10.1 Å². The van der Waals surface area contributed by atoms with Crippen molar-refractivity contribution in [1.29, 1.82) is 0 Å². The lowest BCUT2D eigenvalue weighted by Gasteiger charge is -2.05. The number of benzene rings is 1. The minimum atomic E-state index is -0.329. The molecule has 3 rings (SSSR count). The minimum Gasteiger partial charge on any atom is -0.496 e. The molecule has 1 N–H and O–H groups in total. The zero-order valence-corrected chi connectivity index (χ0v) is 13.4. The van der Waals surface area contributed by atoms with Gasteiger partial charge in [0.25, 0.3) is 5.91 Å². The Balaban J connectivity index is 1.78.